The van der Waals surface area contributed by atoms with Crippen LogP contribution in [-0.4, -0.2) is 32.8 Å². The van der Waals surface area contributed by atoms with E-state index in [-0.39, 0.29) is 36.0 Å². The maximum atomic E-state index is 12.3. The summed E-state index contributed by atoms with van der Waals surface area (Å²) < 4.78 is 1.13. The molecule has 1 aromatic carbocycles. The van der Waals surface area contributed by atoms with Crippen LogP contribution in [0.3, 0.4) is 0 Å². The lowest BCUT2D eigenvalue weighted by atomic mass is 9.80. The molecule has 0 atom stereocenters. The van der Waals surface area contributed by atoms with E-state index in [0.717, 1.165) is 4.68 Å². The monoisotopic (exact) mass is 331 g/mol. The van der Waals surface area contributed by atoms with Gasteiger partial charge in [-0.15, -0.1) is 0 Å². The highest BCUT2D eigenvalue weighted by molar-refractivity contribution is 5.80. The molecule has 1 amide bonds. The molecule has 126 valence electrons. The number of nitrogens with one attached hydrogen (secondary N) is 2. The number of carboxylic acid groups (broad SMARTS) is 1. The van der Waals surface area contributed by atoms with Crippen LogP contribution in [0, 0.1) is 5.92 Å². The Kier molecular flexibility index (Phi) is 4.20. The van der Waals surface area contributed by atoms with Gasteiger partial charge < -0.3 is 10.4 Å². The summed E-state index contributed by atoms with van der Waals surface area (Å²) in [5.74, 6) is -1.51. The maximum Gasteiger partial charge on any atom is 0.306 e. The Labute approximate surface area is 136 Å². The van der Waals surface area contributed by atoms with Crippen LogP contribution >= 0.6 is 0 Å². The Bertz CT molecular complexity index is 908. The van der Waals surface area contributed by atoms with Gasteiger partial charge in [-0.25, -0.2) is 4.68 Å². The third kappa shape index (κ3) is 3.08. The molecule has 0 aliphatic heterocycles. The molecule has 8 nitrogen and oxygen atoms in total. The Morgan fingerprint density at radius 2 is 1.88 bits per heavy atom. The average Bonchev–Trinajstić information content (AvgIpc) is 2.52. The van der Waals surface area contributed by atoms with E-state index < -0.39 is 11.9 Å². The van der Waals surface area contributed by atoms with Gasteiger partial charge in [0.1, 0.15) is 0 Å². The lowest BCUT2D eigenvalue weighted by Crippen LogP contribution is -2.47. The van der Waals surface area contributed by atoms with Crippen molar-refractivity contribution in [1.29, 1.82) is 0 Å². The van der Waals surface area contributed by atoms with Crippen LogP contribution in [0.2, 0.25) is 0 Å². The minimum Gasteiger partial charge on any atom is -0.481 e. The summed E-state index contributed by atoms with van der Waals surface area (Å²) in [5, 5.41) is 14.6. The number of amides is 1. The van der Waals surface area contributed by atoms with E-state index in [2.05, 4.69) is 10.4 Å². The smallest absolute Gasteiger partial charge is 0.306 e. The number of hydrogen-bond acceptors (Lipinski definition) is 4. The van der Waals surface area contributed by atoms with Gasteiger partial charge in [0.05, 0.1) is 23.2 Å². The molecule has 1 aromatic heterocycles. The van der Waals surface area contributed by atoms with Crippen LogP contribution in [0.15, 0.2) is 33.9 Å². The van der Waals surface area contributed by atoms with Crippen LogP contribution in [0.5, 0.6) is 0 Å². The first kappa shape index (κ1) is 16.0. The number of benzene rings is 1. The van der Waals surface area contributed by atoms with E-state index in [1.807, 2.05) is 0 Å². The zero-order chi connectivity index (χ0) is 17.3. The molecule has 0 spiro atoms. The molecule has 1 heterocycles. The standard InChI is InChI=1S/C16H17N3O5/c20-13(17-10-7-9(8-10)16(23)24)5-6-19-15(22)12-4-2-1-3-11(12)14(21)18-19/h1-4,9-10H,5-8H2,(H,17,20)(H,18,21)(H,23,24). The lowest BCUT2D eigenvalue weighted by Gasteiger charge is -2.32. The van der Waals surface area contributed by atoms with Gasteiger partial charge >= 0.3 is 5.97 Å². The first-order valence-electron chi connectivity index (χ1n) is 7.69. The zero-order valence-corrected chi connectivity index (χ0v) is 12.8. The van der Waals surface area contributed by atoms with Crippen LogP contribution < -0.4 is 16.4 Å². The van der Waals surface area contributed by atoms with Crippen LogP contribution in [0.25, 0.3) is 10.8 Å². The molecular weight excluding hydrogens is 314 g/mol. The number of hydrogen-bond donors (Lipinski definition) is 3. The molecule has 3 N–H and O–H groups in total. The van der Waals surface area contributed by atoms with E-state index in [0.29, 0.717) is 23.6 Å². The van der Waals surface area contributed by atoms with Gasteiger partial charge in [-0.2, -0.15) is 0 Å². The molecule has 1 saturated carbocycles. The average molecular weight is 331 g/mol. The number of carbonyl (C=O) groups is 2. The maximum absolute atomic E-state index is 12.3. The van der Waals surface area contributed by atoms with Crippen LogP contribution in [-0.2, 0) is 16.1 Å². The summed E-state index contributed by atoms with van der Waals surface area (Å²) in [7, 11) is 0. The minimum atomic E-state index is -0.846. The van der Waals surface area contributed by atoms with Gasteiger partial charge in [0.15, 0.2) is 0 Å². The molecule has 2 aromatic rings. The van der Waals surface area contributed by atoms with Gasteiger partial charge in [-0.05, 0) is 25.0 Å². The lowest BCUT2D eigenvalue weighted by molar-refractivity contribution is -0.146. The Hall–Kier alpha value is -2.90. The predicted molar refractivity (Wildman–Crippen MR) is 85.7 cm³/mol. The molecule has 0 saturated heterocycles. The Morgan fingerprint density at radius 1 is 1.21 bits per heavy atom. The minimum absolute atomic E-state index is 0.0302. The van der Waals surface area contributed by atoms with Gasteiger partial charge in [-0.3, -0.25) is 24.3 Å². The fourth-order valence-corrected chi connectivity index (χ4v) is 2.85. The number of aliphatic carboxylic acids is 1. The van der Waals surface area contributed by atoms with E-state index in [1.54, 1.807) is 24.3 Å². The number of aryl methyl sites for hydroxylation is 1. The molecule has 1 aliphatic carbocycles. The number of carbonyl (C=O) groups excluding carboxylic acids is 1. The fraction of sp³-hybridized carbons (Fsp3) is 0.375. The third-order valence-corrected chi connectivity index (χ3v) is 4.30. The van der Waals surface area contributed by atoms with E-state index >= 15 is 0 Å². The molecule has 0 bridgehead atoms. The summed E-state index contributed by atoms with van der Waals surface area (Å²) in [6.45, 7) is 0.0554. The fourth-order valence-electron chi connectivity index (χ4n) is 2.85. The van der Waals surface area contributed by atoms with Gasteiger partial charge in [0.2, 0.25) is 5.91 Å². The summed E-state index contributed by atoms with van der Waals surface area (Å²) >= 11 is 0. The van der Waals surface area contributed by atoms with E-state index in [9.17, 15) is 19.2 Å². The zero-order valence-electron chi connectivity index (χ0n) is 12.8. The highest BCUT2D eigenvalue weighted by Gasteiger charge is 2.35. The second-order valence-electron chi connectivity index (χ2n) is 5.96. The van der Waals surface area contributed by atoms with Crippen molar-refractivity contribution in [1.82, 2.24) is 15.1 Å². The van der Waals surface area contributed by atoms with Crippen molar-refractivity contribution in [3.63, 3.8) is 0 Å². The van der Waals surface area contributed by atoms with Crippen molar-refractivity contribution in [3.05, 3.63) is 45.0 Å². The number of H-pyrrole nitrogens is 1. The van der Waals surface area contributed by atoms with Crippen molar-refractivity contribution in [2.75, 3.05) is 0 Å². The first-order valence-corrected chi connectivity index (χ1v) is 7.69. The van der Waals surface area contributed by atoms with Gasteiger partial charge in [0.25, 0.3) is 11.1 Å². The van der Waals surface area contributed by atoms with Crippen LogP contribution in [0.1, 0.15) is 19.3 Å². The van der Waals surface area contributed by atoms with Gasteiger partial charge in [-0.1, -0.05) is 12.1 Å². The van der Waals surface area contributed by atoms with Crippen molar-refractivity contribution in [3.8, 4) is 0 Å². The van der Waals surface area contributed by atoms with Crippen LogP contribution in [0.4, 0.5) is 0 Å². The second kappa shape index (κ2) is 6.31. The SMILES string of the molecule is O=C(CCn1[nH]c(=O)c2ccccc2c1=O)NC1CC(C(=O)O)C1. The largest absolute Gasteiger partial charge is 0.481 e. The number of nitrogens with zero attached hydrogens (tertiary/aromatic N) is 1. The summed E-state index contributed by atoms with van der Waals surface area (Å²) in [5.41, 5.74) is -0.735. The number of aromatic amines is 1. The third-order valence-electron chi connectivity index (χ3n) is 4.30. The number of aromatic nitrogens is 2. The highest BCUT2D eigenvalue weighted by Crippen LogP contribution is 2.27. The topological polar surface area (TPSA) is 121 Å². The molecule has 0 radical (unpaired) electrons. The molecule has 1 fully saturated rings. The summed E-state index contributed by atoms with van der Waals surface area (Å²) in [4.78, 5) is 46.9. The number of rotatable bonds is 5. The molecule has 1 aliphatic rings. The molecular formula is C16H17N3O5. The molecule has 0 unspecified atom stereocenters. The summed E-state index contributed by atoms with van der Waals surface area (Å²) in [6, 6.07) is 6.37. The molecule has 24 heavy (non-hydrogen) atoms. The Morgan fingerprint density at radius 3 is 2.54 bits per heavy atom. The summed E-state index contributed by atoms with van der Waals surface area (Å²) in [6.07, 6.45) is 0.879. The number of fused-ring (bicyclic) bond motifs is 1. The molecule has 8 heteroatoms. The quantitative estimate of drug-likeness (QED) is 0.715. The van der Waals surface area contributed by atoms with E-state index in [4.69, 9.17) is 5.11 Å². The first-order chi connectivity index (χ1) is 11.5. The molecule has 3 rings (SSSR count). The second-order valence-corrected chi connectivity index (χ2v) is 5.96. The van der Waals surface area contributed by atoms with Crippen molar-refractivity contribution < 1.29 is 14.7 Å². The predicted octanol–water partition coefficient (Wildman–Crippen LogP) is 0.0593. The van der Waals surface area contributed by atoms with Crippen molar-refractivity contribution in [2.45, 2.75) is 31.8 Å². The highest BCUT2D eigenvalue weighted by atomic mass is 16.4. The van der Waals surface area contributed by atoms with Gasteiger partial charge in [0, 0.05) is 12.5 Å². The number of carboxylic acids is 1. The van der Waals surface area contributed by atoms with Crippen molar-refractivity contribution >= 4 is 22.6 Å². The van der Waals surface area contributed by atoms with Crippen molar-refractivity contribution in [2.24, 2.45) is 5.92 Å². The normalized spacial score (nSPS) is 19.7. The van der Waals surface area contributed by atoms with E-state index in [1.165, 1.54) is 0 Å². The Balaban J connectivity index is 1.63.